The number of fused-ring (bicyclic) bond motifs is 2. The molecular formula is C24H25NO3S. The van der Waals surface area contributed by atoms with Gasteiger partial charge in [-0.05, 0) is 68.9 Å². The van der Waals surface area contributed by atoms with Gasteiger partial charge >= 0.3 is 0 Å². The van der Waals surface area contributed by atoms with Crippen LogP contribution in [-0.2, 0) is 15.5 Å². The van der Waals surface area contributed by atoms with Crippen molar-refractivity contribution in [1.82, 2.24) is 0 Å². The van der Waals surface area contributed by atoms with Crippen LogP contribution in [0.1, 0.15) is 26.3 Å². The molecular weight excluding hydrogens is 382 g/mol. The van der Waals surface area contributed by atoms with Crippen molar-refractivity contribution in [3.05, 3.63) is 84.4 Å². The number of quaternary nitrogens is 1. The Bertz CT molecular complexity index is 1260. The van der Waals surface area contributed by atoms with Crippen LogP contribution in [0.3, 0.4) is 0 Å². The molecule has 0 aromatic heterocycles. The van der Waals surface area contributed by atoms with E-state index in [1.54, 1.807) is 12.1 Å². The molecule has 4 aromatic carbocycles. The SMILES string of the molecule is CC(C)(C)c1ccc(S(=O)(=O)[O-])cc1.[NH3+]c1ccc2cc3ccccc3cc2c1. The zero-order chi connectivity index (χ0) is 21.2. The third kappa shape index (κ3) is 5.21. The molecule has 150 valence electrons. The Hall–Kier alpha value is -2.73. The van der Waals surface area contributed by atoms with Gasteiger partial charge in [0.15, 0.2) is 0 Å². The van der Waals surface area contributed by atoms with E-state index in [4.69, 9.17) is 0 Å². The summed E-state index contributed by atoms with van der Waals surface area (Å²) in [6, 6.07) is 25.2. The molecule has 0 spiro atoms. The zero-order valence-corrected chi connectivity index (χ0v) is 17.7. The maximum Gasteiger partial charge on any atom is 0.128 e. The monoisotopic (exact) mass is 407 g/mol. The van der Waals surface area contributed by atoms with E-state index in [0.717, 1.165) is 11.3 Å². The van der Waals surface area contributed by atoms with Gasteiger partial charge in [-0.15, -0.1) is 0 Å². The minimum Gasteiger partial charge on any atom is -0.744 e. The lowest BCUT2D eigenvalue weighted by molar-refractivity contribution is -0.254. The van der Waals surface area contributed by atoms with E-state index in [0.29, 0.717) is 0 Å². The van der Waals surface area contributed by atoms with Gasteiger partial charge in [-0.25, -0.2) is 8.42 Å². The normalized spacial score (nSPS) is 11.9. The fourth-order valence-electron chi connectivity index (χ4n) is 3.11. The summed E-state index contributed by atoms with van der Waals surface area (Å²) < 4.78 is 31.9. The third-order valence-electron chi connectivity index (χ3n) is 4.78. The van der Waals surface area contributed by atoms with Crippen molar-refractivity contribution in [2.75, 3.05) is 0 Å². The minimum absolute atomic E-state index is 0.0365. The quantitative estimate of drug-likeness (QED) is 0.365. The van der Waals surface area contributed by atoms with Gasteiger partial charge in [-0.2, -0.15) is 0 Å². The molecule has 3 N–H and O–H groups in total. The standard InChI is InChI=1S/C14H11N.C10H14O3S/c15-14-6-5-12-7-10-3-1-2-4-11(10)8-13(12)9-14;1-10(2,3)8-4-6-9(7-5-8)14(11,12)13/h1-9H,15H2;4-7H,1-3H3,(H,11,12,13). The lowest BCUT2D eigenvalue weighted by Crippen LogP contribution is -2.39. The van der Waals surface area contributed by atoms with Crippen LogP contribution >= 0.6 is 0 Å². The highest BCUT2D eigenvalue weighted by Gasteiger charge is 2.13. The van der Waals surface area contributed by atoms with Crippen LogP contribution in [0.5, 0.6) is 0 Å². The lowest BCUT2D eigenvalue weighted by Gasteiger charge is -2.19. The molecule has 0 saturated heterocycles. The maximum atomic E-state index is 10.6. The van der Waals surface area contributed by atoms with Crippen LogP contribution in [0.25, 0.3) is 21.5 Å². The van der Waals surface area contributed by atoms with Crippen LogP contribution in [-0.4, -0.2) is 13.0 Å². The molecule has 0 amide bonds. The average molecular weight is 408 g/mol. The molecule has 0 bridgehead atoms. The van der Waals surface area contributed by atoms with Gasteiger partial charge in [0.2, 0.25) is 0 Å². The van der Waals surface area contributed by atoms with Gasteiger partial charge in [0.05, 0.1) is 4.90 Å². The van der Waals surface area contributed by atoms with E-state index in [-0.39, 0.29) is 10.3 Å². The maximum absolute atomic E-state index is 10.6. The van der Waals surface area contributed by atoms with Crippen molar-refractivity contribution in [2.24, 2.45) is 0 Å². The van der Waals surface area contributed by atoms with Crippen LogP contribution in [0.2, 0.25) is 0 Å². The van der Waals surface area contributed by atoms with Crippen molar-refractivity contribution in [3.63, 3.8) is 0 Å². The Kier molecular flexibility index (Phi) is 5.75. The molecule has 5 heteroatoms. The molecule has 4 rings (SSSR count). The molecule has 0 unspecified atom stereocenters. The van der Waals surface area contributed by atoms with Crippen LogP contribution < -0.4 is 5.73 Å². The van der Waals surface area contributed by atoms with E-state index in [9.17, 15) is 13.0 Å². The largest absolute Gasteiger partial charge is 0.744 e. The summed E-state index contributed by atoms with van der Waals surface area (Å²) in [6.07, 6.45) is 0. The van der Waals surface area contributed by atoms with E-state index in [1.807, 2.05) is 20.8 Å². The van der Waals surface area contributed by atoms with E-state index in [2.05, 4.69) is 60.3 Å². The molecule has 0 aliphatic rings. The van der Waals surface area contributed by atoms with E-state index in [1.165, 1.54) is 33.7 Å². The zero-order valence-electron chi connectivity index (χ0n) is 16.8. The van der Waals surface area contributed by atoms with Crippen LogP contribution in [0, 0.1) is 0 Å². The van der Waals surface area contributed by atoms with Crippen LogP contribution in [0.4, 0.5) is 5.69 Å². The van der Waals surface area contributed by atoms with Gasteiger partial charge in [0.1, 0.15) is 15.8 Å². The molecule has 0 atom stereocenters. The topological polar surface area (TPSA) is 84.8 Å². The van der Waals surface area contributed by atoms with Gasteiger partial charge in [0.25, 0.3) is 0 Å². The molecule has 0 saturated carbocycles. The predicted molar refractivity (Wildman–Crippen MR) is 117 cm³/mol. The summed E-state index contributed by atoms with van der Waals surface area (Å²) in [4.78, 5) is -0.175. The summed E-state index contributed by atoms with van der Waals surface area (Å²) >= 11 is 0. The number of hydrogen-bond donors (Lipinski definition) is 1. The van der Waals surface area contributed by atoms with Crippen molar-refractivity contribution in [1.29, 1.82) is 0 Å². The highest BCUT2D eigenvalue weighted by Crippen LogP contribution is 2.24. The van der Waals surface area contributed by atoms with Crippen molar-refractivity contribution in [2.45, 2.75) is 31.1 Å². The molecule has 0 aliphatic heterocycles. The number of hydrogen-bond acceptors (Lipinski definition) is 3. The molecule has 0 heterocycles. The summed E-state index contributed by atoms with van der Waals surface area (Å²) in [5, 5.41) is 5.12. The van der Waals surface area contributed by atoms with Crippen molar-refractivity contribution < 1.29 is 18.7 Å². The third-order valence-corrected chi connectivity index (χ3v) is 5.63. The average Bonchev–Trinajstić information content (AvgIpc) is 2.65. The lowest BCUT2D eigenvalue weighted by atomic mass is 9.87. The Balaban J connectivity index is 0.000000166. The molecule has 4 aromatic rings. The van der Waals surface area contributed by atoms with E-state index < -0.39 is 10.1 Å². The second-order valence-corrected chi connectivity index (χ2v) is 9.49. The summed E-state index contributed by atoms with van der Waals surface area (Å²) in [5.74, 6) is 0. The van der Waals surface area contributed by atoms with Gasteiger partial charge in [-0.3, -0.25) is 0 Å². The highest BCUT2D eigenvalue weighted by atomic mass is 32.2. The number of rotatable bonds is 1. The van der Waals surface area contributed by atoms with E-state index >= 15 is 0 Å². The predicted octanol–water partition coefficient (Wildman–Crippen LogP) is 4.75. The fourth-order valence-corrected chi connectivity index (χ4v) is 3.58. The Labute approximate surface area is 171 Å². The first-order valence-electron chi connectivity index (χ1n) is 9.35. The van der Waals surface area contributed by atoms with Crippen molar-refractivity contribution in [3.8, 4) is 0 Å². The number of benzene rings is 4. The highest BCUT2D eigenvalue weighted by molar-refractivity contribution is 7.85. The molecule has 0 fully saturated rings. The molecule has 29 heavy (non-hydrogen) atoms. The Morgan fingerprint density at radius 2 is 1.24 bits per heavy atom. The minimum atomic E-state index is -4.32. The molecule has 0 aliphatic carbocycles. The summed E-state index contributed by atoms with van der Waals surface area (Å²) in [5.41, 5.74) is 5.99. The fraction of sp³-hybridized carbons (Fsp3) is 0.167. The summed E-state index contributed by atoms with van der Waals surface area (Å²) in [7, 11) is -4.32. The van der Waals surface area contributed by atoms with Gasteiger partial charge in [-0.1, -0.05) is 57.2 Å². The Morgan fingerprint density at radius 3 is 1.76 bits per heavy atom. The second-order valence-electron chi connectivity index (χ2n) is 8.11. The first-order chi connectivity index (χ1) is 13.5. The summed E-state index contributed by atoms with van der Waals surface area (Å²) in [6.45, 7) is 6.06. The van der Waals surface area contributed by atoms with Crippen molar-refractivity contribution >= 4 is 37.4 Å². The first kappa shape index (κ1) is 21.0. The smallest absolute Gasteiger partial charge is 0.128 e. The second kappa shape index (κ2) is 7.95. The Morgan fingerprint density at radius 1 is 0.724 bits per heavy atom. The van der Waals surface area contributed by atoms with Gasteiger partial charge in [0, 0.05) is 6.07 Å². The van der Waals surface area contributed by atoms with Crippen LogP contribution in [0.15, 0.2) is 83.8 Å². The molecule has 0 radical (unpaired) electrons. The van der Waals surface area contributed by atoms with Gasteiger partial charge < -0.3 is 10.3 Å². The first-order valence-corrected chi connectivity index (χ1v) is 10.8. The molecule has 4 nitrogen and oxygen atoms in total.